The molecule has 2 rings (SSSR count). The van der Waals surface area contributed by atoms with E-state index in [-0.39, 0.29) is 21.3 Å². The number of aryl methyl sites for hydroxylation is 2. The highest BCUT2D eigenvalue weighted by atomic mass is 32.1. The molecule has 0 atom stereocenters. The van der Waals surface area contributed by atoms with Crippen LogP contribution in [0.2, 0.25) is 0 Å². The predicted octanol–water partition coefficient (Wildman–Crippen LogP) is 3.89. The van der Waals surface area contributed by atoms with E-state index in [0.717, 1.165) is 19.1 Å². The molecule has 0 aliphatic heterocycles. The Morgan fingerprint density at radius 1 is 1.19 bits per heavy atom. The van der Waals surface area contributed by atoms with Crippen LogP contribution in [-0.4, -0.2) is 37.7 Å². The lowest BCUT2D eigenvalue weighted by Gasteiger charge is -2.19. The topological polar surface area (TPSA) is 51.0 Å². The molecule has 0 unspecified atom stereocenters. The van der Waals surface area contributed by atoms with Gasteiger partial charge in [0.1, 0.15) is 23.9 Å². The van der Waals surface area contributed by atoms with Gasteiger partial charge in [0.05, 0.1) is 0 Å². The van der Waals surface area contributed by atoms with E-state index in [4.69, 9.17) is 0 Å². The quantitative estimate of drug-likeness (QED) is 0.610. The van der Waals surface area contributed by atoms with Gasteiger partial charge in [0.15, 0.2) is 0 Å². The minimum atomic E-state index is -4.88. The van der Waals surface area contributed by atoms with Gasteiger partial charge in [-0.3, -0.25) is 9.10 Å². The van der Waals surface area contributed by atoms with Gasteiger partial charge >= 0.3 is 12.4 Å². The first-order chi connectivity index (χ1) is 12.2. The first kappa shape index (κ1) is 21.0. The lowest BCUT2D eigenvalue weighted by molar-refractivity contribution is -0.144. The van der Waals surface area contributed by atoms with Crippen molar-refractivity contribution >= 4 is 18.7 Å². The van der Waals surface area contributed by atoms with Crippen molar-refractivity contribution < 1.29 is 35.5 Å². The number of halogens is 7. The number of carbonyl (C=O) groups excluding carboxylic acids is 1. The van der Waals surface area contributed by atoms with Crippen molar-refractivity contribution in [3.8, 4) is 5.69 Å². The number of rotatable bonds is 3. The molecular weight excluding hydrogens is 405 g/mol. The van der Waals surface area contributed by atoms with Crippen LogP contribution in [0.15, 0.2) is 12.1 Å². The largest absolute Gasteiger partial charge is 0.453 e. The van der Waals surface area contributed by atoms with Crippen LogP contribution in [0.25, 0.3) is 5.69 Å². The fourth-order valence-electron chi connectivity index (χ4n) is 2.17. The van der Waals surface area contributed by atoms with Crippen LogP contribution in [0.3, 0.4) is 0 Å². The molecular formula is C14H11F7N4OS. The highest BCUT2D eigenvalue weighted by Gasteiger charge is 2.37. The summed E-state index contributed by atoms with van der Waals surface area (Å²) in [5, 5.41) is 3.16. The summed E-state index contributed by atoms with van der Waals surface area (Å²) in [5.41, 5.74) is -0.983. The molecule has 0 spiro atoms. The standard InChI is InChI=1S/C14H11F7N4OS/c1-6-3-9(15)10(25-7(2)22-12(23-25)14(19,20)21)4-8(6)11(26)24(27)5-13(16,17)18/h3-4,27H,5H2,1-2H3. The smallest absolute Gasteiger partial charge is 0.276 e. The van der Waals surface area contributed by atoms with Crippen molar-refractivity contribution in [2.75, 3.05) is 6.54 Å². The molecule has 148 valence electrons. The van der Waals surface area contributed by atoms with Crippen LogP contribution in [0.4, 0.5) is 30.7 Å². The third kappa shape index (κ3) is 4.70. The fraction of sp³-hybridized carbons (Fsp3) is 0.357. The molecule has 2 aromatic rings. The third-order valence-corrected chi connectivity index (χ3v) is 3.66. The number of amides is 1. The average molecular weight is 416 g/mol. The Morgan fingerprint density at radius 2 is 1.78 bits per heavy atom. The summed E-state index contributed by atoms with van der Waals surface area (Å²) < 4.78 is 90.3. The molecule has 0 saturated heterocycles. The van der Waals surface area contributed by atoms with Gasteiger partial charge in [0.25, 0.3) is 11.7 Å². The fourth-order valence-corrected chi connectivity index (χ4v) is 2.44. The van der Waals surface area contributed by atoms with Crippen LogP contribution in [0.5, 0.6) is 0 Å². The van der Waals surface area contributed by atoms with Crippen molar-refractivity contribution in [2.45, 2.75) is 26.2 Å². The van der Waals surface area contributed by atoms with Crippen LogP contribution in [0, 0.1) is 19.7 Å². The van der Waals surface area contributed by atoms with Crippen LogP contribution < -0.4 is 0 Å². The van der Waals surface area contributed by atoms with E-state index in [9.17, 15) is 35.5 Å². The highest BCUT2D eigenvalue weighted by molar-refractivity contribution is 7.78. The molecule has 1 heterocycles. The molecule has 27 heavy (non-hydrogen) atoms. The van der Waals surface area contributed by atoms with Gasteiger partial charge in [0, 0.05) is 5.56 Å². The molecule has 5 nitrogen and oxygen atoms in total. The van der Waals surface area contributed by atoms with E-state index >= 15 is 0 Å². The number of hydrogen-bond acceptors (Lipinski definition) is 4. The molecule has 0 radical (unpaired) electrons. The van der Waals surface area contributed by atoms with Crippen LogP contribution >= 0.6 is 12.8 Å². The van der Waals surface area contributed by atoms with Crippen LogP contribution in [0.1, 0.15) is 27.6 Å². The second-order valence-electron chi connectivity index (χ2n) is 5.49. The zero-order valence-corrected chi connectivity index (χ0v) is 14.5. The number of aromatic nitrogens is 3. The molecule has 0 aliphatic rings. The Kier molecular flexibility index (Phi) is 5.46. The number of carbonyl (C=O) groups is 1. The van der Waals surface area contributed by atoms with Crippen molar-refractivity contribution in [1.29, 1.82) is 0 Å². The molecule has 0 aliphatic carbocycles. The van der Waals surface area contributed by atoms with Gasteiger partial charge in [-0.15, -0.1) is 5.10 Å². The van der Waals surface area contributed by atoms with E-state index in [1.54, 1.807) is 0 Å². The van der Waals surface area contributed by atoms with E-state index < -0.39 is 42.1 Å². The second-order valence-corrected chi connectivity index (χ2v) is 5.97. The van der Waals surface area contributed by atoms with E-state index in [1.807, 2.05) is 0 Å². The highest BCUT2D eigenvalue weighted by Crippen LogP contribution is 2.28. The van der Waals surface area contributed by atoms with Gasteiger partial charge in [-0.25, -0.2) is 14.1 Å². The zero-order valence-electron chi connectivity index (χ0n) is 13.7. The summed E-state index contributed by atoms with van der Waals surface area (Å²) in [6.45, 7) is 0.698. The first-order valence-corrected chi connectivity index (χ1v) is 7.49. The van der Waals surface area contributed by atoms with Crippen molar-refractivity contribution in [3.05, 3.63) is 40.7 Å². The minimum absolute atomic E-state index is 0.0312. The molecule has 0 saturated carbocycles. The molecule has 1 amide bonds. The van der Waals surface area contributed by atoms with Crippen molar-refractivity contribution in [2.24, 2.45) is 0 Å². The number of benzene rings is 1. The molecule has 0 fully saturated rings. The minimum Gasteiger partial charge on any atom is -0.276 e. The summed E-state index contributed by atoms with van der Waals surface area (Å²) in [7, 11) is 0. The van der Waals surface area contributed by atoms with Crippen molar-refractivity contribution in [3.63, 3.8) is 0 Å². The Morgan fingerprint density at radius 3 is 2.26 bits per heavy atom. The molecule has 1 aromatic heterocycles. The first-order valence-electron chi connectivity index (χ1n) is 7.09. The number of nitrogens with zero attached hydrogens (tertiary/aromatic N) is 4. The Labute approximate surface area is 153 Å². The lowest BCUT2D eigenvalue weighted by Crippen LogP contribution is -2.32. The van der Waals surface area contributed by atoms with Crippen LogP contribution in [-0.2, 0) is 6.18 Å². The van der Waals surface area contributed by atoms with Gasteiger partial charge < -0.3 is 0 Å². The number of thiol groups is 1. The van der Waals surface area contributed by atoms with Crippen molar-refractivity contribution in [1.82, 2.24) is 19.1 Å². The van der Waals surface area contributed by atoms with Gasteiger partial charge in [-0.2, -0.15) is 26.3 Å². The Balaban J connectivity index is 2.51. The molecule has 1 aromatic carbocycles. The summed E-state index contributed by atoms with van der Waals surface area (Å²) >= 11 is 3.47. The van der Waals surface area contributed by atoms with E-state index in [0.29, 0.717) is 4.68 Å². The Hall–Kier alpha value is -2.31. The summed E-state index contributed by atoms with van der Waals surface area (Å²) in [6, 6.07) is 1.60. The number of alkyl halides is 6. The lowest BCUT2D eigenvalue weighted by atomic mass is 10.1. The summed E-state index contributed by atoms with van der Waals surface area (Å²) in [4.78, 5) is 15.4. The molecule has 0 bridgehead atoms. The predicted molar refractivity (Wildman–Crippen MR) is 81.9 cm³/mol. The van der Waals surface area contributed by atoms with E-state index in [1.165, 1.54) is 6.92 Å². The average Bonchev–Trinajstić information content (AvgIpc) is 2.87. The normalized spacial score (nSPS) is 12.4. The van der Waals surface area contributed by atoms with Gasteiger partial charge in [0.2, 0.25) is 0 Å². The second kappa shape index (κ2) is 7.02. The van der Waals surface area contributed by atoms with Gasteiger partial charge in [-0.05, 0) is 31.5 Å². The SMILES string of the molecule is Cc1cc(F)c(-n2nc(C(F)(F)F)nc2C)cc1C(=O)N(S)CC(F)(F)F. The molecule has 0 N–H and O–H groups in total. The summed E-state index contributed by atoms with van der Waals surface area (Å²) in [6.07, 6.45) is -9.61. The van der Waals surface area contributed by atoms with E-state index in [2.05, 4.69) is 22.9 Å². The maximum Gasteiger partial charge on any atom is 0.453 e. The third-order valence-electron chi connectivity index (χ3n) is 3.34. The monoisotopic (exact) mass is 416 g/mol. The maximum absolute atomic E-state index is 14.2. The zero-order chi connectivity index (χ0) is 20.7. The summed E-state index contributed by atoms with van der Waals surface area (Å²) in [5.74, 6) is -4.10. The Bertz CT molecular complexity index is 876. The maximum atomic E-state index is 14.2. The number of hydrogen-bond donors (Lipinski definition) is 1. The van der Waals surface area contributed by atoms with Gasteiger partial charge in [-0.1, -0.05) is 12.8 Å². The molecule has 13 heteroatoms.